The molecule has 0 rings (SSSR count). The standard InChI is InChI=1S/C50H81O9P/c1-3-5-7-9-11-13-15-17-19-20-21-22-23-24-25-26-27-29-31-33-35-37-39-41-43-56-46-49(47-58-60(54,55)57-45-48(52)44-51)59-50(53)42-40-38-36-34-32-30-28-18-16-14-12-10-8-6-4-2/h5-8,11-14,17-19,21-22,24-25,28,32,34,38,40,48-49,51-52H,3-4,9-10,15-16,20,23,26-27,29-31,33,35-37,39,41-47H2,1-2H3,(H,54,55)/b7-5-,8-6-,13-11-,14-12-,19-17-,22-21-,25-24-,28-18-,34-32-,40-38-. The van der Waals surface area contributed by atoms with Crippen molar-refractivity contribution in [1.29, 1.82) is 0 Å². The van der Waals surface area contributed by atoms with Gasteiger partial charge in [0.1, 0.15) is 12.2 Å². The minimum absolute atomic E-state index is 0.00540. The third kappa shape index (κ3) is 44.4. The van der Waals surface area contributed by atoms with Crippen LogP contribution in [0.25, 0.3) is 0 Å². The van der Waals surface area contributed by atoms with Gasteiger partial charge >= 0.3 is 13.8 Å². The number of hydrogen-bond acceptors (Lipinski definition) is 8. The number of unbranched alkanes of at least 4 members (excludes halogenated alkanes) is 8. The molecule has 0 aromatic rings. The molecule has 0 fully saturated rings. The first kappa shape index (κ1) is 56.9. The van der Waals surface area contributed by atoms with Crippen LogP contribution in [-0.4, -0.2) is 66.3 Å². The number of carbonyl (C=O) groups is 1. The van der Waals surface area contributed by atoms with Crippen molar-refractivity contribution in [3.8, 4) is 0 Å². The monoisotopic (exact) mass is 857 g/mol. The molecule has 0 radical (unpaired) electrons. The molecule has 0 saturated heterocycles. The molecule has 0 heterocycles. The summed E-state index contributed by atoms with van der Waals surface area (Å²) in [7, 11) is -4.56. The van der Waals surface area contributed by atoms with Crippen LogP contribution in [0.5, 0.6) is 0 Å². The van der Waals surface area contributed by atoms with Gasteiger partial charge < -0.3 is 24.6 Å². The van der Waals surface area contributed by atoms with Gasteiger partial charge in [-0.25, -0.2) is 4.57 Å². The highest BCUT2D eigenvalue weighted by atomic mass is 31.2. The highest BCUT2D eigenvalue weighted by Crippen LogP contribution is 2.43. The number of hydrogen-bond donors (Lipinski definition) is 3. The van der Waals surface area contributed by atoms with Crippen molar-refractivity contribution in [2.24, 2.45) is 0 Å². The third-order valence-corrected chi connectivity index (χ3v) is 9.63. The minimum Gasteiger partial charge on any atom is -0.457 e. The SMILES string of the molecule is CC/C=C\C/C=C\C/C=C\C/C=C\C/C=C\CCCCCCCCCCOCC(COP(=O)(O)OCC(O)CO)OC(=O)C/C=C\C/C=C\C/C=C\C/C=C\C/C=C\CC. The van der Waals surface area contributed by atoms with Crippen molar-refractivity contribution in [2.75, 3.05) is 33.0 Å². The third-order valence-electron chi connectivity index (χ3n) is 8.68. The molecule has 10 heteroatoms. The topological polar surface area (TPSA) is 132 Å². The van der Waals surface area contributed by atoms with Gasteiger partial charge in [0.2, 0.25) is 0 Å². The fraction of sp³-hybridized carbons (Fsp3) is 0.580. The number of aliphatic hydroxyl groups excluding tert-OH is 2. The van der Waals surface area contributed by atoms with Gasteiger partial charge in [-0.05, 0) is 83.5 Å². The van der Waals surface area contributed by atoms with E-state index in [9.17, 15) is 19.4 Å². The highest BCUT2D eigenvalue weighted by Gasteiger charge is 2.26. The Morgan fingerprint density at radius 2 is 0.900 bits per heavy atom. The number of esters is 1. The molecule has 0 amide bonds. The molecular weight excluding hydrogens is 776 g/mol. The van der Waals surface area contributed by atoms with Crippen LogP contribution in [0.15, 0.2) is 122 Å². The first-order chi connectivity index (χ1) is 29.3. The van der Waals surface area contributed by atoms with E-state index < -0.39 is 45.8 Å². The van der Waals surface area contributed by atoms with E-state index >= 15 is 0 Å². The number of rotatable bonds is 41. The van der Waals surface area contributed by atoms with Crippen molar-refractivity contribution < 1.29 is 43.0 Å². The Kier molecular flexibility index (Phi) is 43.0. The summed E-state index contributed by atoms with van der Waals surface area (Å²) in [5.41, 5.74) is 0. The second-order valence-corrected chi connectivity index (χ2v) is 15.8. The molecule has 0 aromatic carbocycles. The van der Waals surface area contributed by atoms with Gasteiger partial charge in [0.05, 0.1) is 32.8 Å². The molecule has 3 atom stereocenters. The second-order valence-electron chi connectivity index (χ2n) is 14.3. The Balaban J connectivity index is 4.26. The summed E-state index contributed by atoms with van der Waals surface area (Å²) in [6.45, 7) is 3.10. The van der Waals surface area contributed by atoms with Crippen LogP contribution >= 0.6 is 7.82 Å². The van der Waals surface area contributed by atoms with Crippen LogP contribution in [0.1, 0.15) is 142 Å². The van der Waals surface area contributed by atoms with Crippen LogP contribution in [0.3, 0.4) is 0 Å². The average Bonchev–Trinajstić information content (AvgIpc) is 3.24. The van der Waals surface area contributed by atoms with E-state index in [1.165, 1.54) is 32.1 Å². The number of phosphoric ester groups is 1. The maximum atomic E-state index is 12.6. The molecule has 0 aliphatic heterocycles. The average molecular weight is 857 g/mol. The van der Waals surface area contributed by atoms with Crippen LogP contribution in [-0.2, 0) is 27.9 Å². The second kappa shape index (κ2) is 45.4. The van der Waals surface area contributed by atoms with Crippen LogP contribution in [0.4, 0.5) is 0 Å². The first-order valence-corrected chi connectivity index (χ1v) is 24.0. The molecular formula is C50H81O9P. The first-order valence-electron chi connectivity index (χ1n) is 22.5. The molecule has 0 saturated carbocycles. The van der Waals surface area contributed by atoms with Crippen molar-refractivity contribution in [3.05, 3.63) is 122 Å². The number of phosphoric acid groups is 1. The Hall–Kier alpha value is -3.14. The molecule has 3 N–H and O–H groups in total. The molecule has 60 heavy (non-hydrogen) atoms. The quantitative estimate of drug-likeness (QED) is 0.0238. The Bertz CT molecular complexity index is 1340. The van der Waals surface area contributed by atoms with Gasteiger partial charge in [-0.2, -0.15) is 0 Å². The number of ether oxygens (including phenoxy) is 2. The van der Waals surface area contributed by atoms with Crippen molar-refractivity contribution in [3.63, 3.8) is 0 Å². The molecule has 340 valence electrons. The van der Waals surface area contributed by atoms with E-state index in [1.54, 1.807) is 6.08 Å². The van der Waals surface area contributed by atoms with E-state index in [0.717, 1.165) is 83.5 Å². The maximum Gasteiger partial charge on any atom is 0.472 e. The van der Waals surface area contributed by atoms with Crippen molar-refractivity contribution >= 4 is 13.8 Å². The number of carbonyl (C=O) groups excluding carboxylic acids is 1. The molecule has 0 bridgehead atoms. The van der Waals surface area contributed by atoms with Gasteiger partial charge in [0, 0.05) is 6.61 Å². The van der Waals surface area contributed by atoms with E-state index in [-0.39, 0.29) is 13.0 Å². The summed E-state index contributed by atoms with van der Waals surface area (Å²) in [4.78, 5) is 22.5. The lowest BCUT2D eigenvalue weighted by atomic mass is 10.1. The fourth-order valence-corrected chi connectivity index (χ4v) is 6.13. The smallest absolute Gasteiger partial charge is 0.457 e. The van der Waals surface area contributed by atoms with Gasteiger partial charge in [-0.15, -0.1) is 0 Å². The van der Waals surface area contributed by atoms with Crippen LogP contribution in [0.2, 0.25) is 0 Å². The predicted octanol–water partition coefficient (Wildman–Crippen LogP) is 12.8. The Morgan fingerprint density at radius 3 is 1.35 bits per heavy atom. The highest BCUT2D eigenvalue weighted by molar-refractivity contribution is 7.47. The van der Waals surface area contributed by atoms with Crippen LogP contribution < -0.4 is 0 Å². The lowest BCUT2D eigenvalue weighted by Gasteiger charge is -2.20. The normalized spacial score (nSPS) is 15.1. The molecule has 0 aliphatic carbocycles. The zero-order valence-corrected chi connectivity index (χ0v) is 38.0. The summed E-state index contributed by atoms with van der Waals surface area (Å²) in [6.07, 6.45) is 60.5. The fourth-order valence-electron chi connectivity index (χ4n) is 5.34. The Labute approximate surface area is 364 Å². The van der Waals surface area contributed by atoms with Gasteiger partial charge in [-0.3, -0.25) is 13.8 Å². The van der Waals surface area contributed by atoms with E-state index in [0.29, 0.717) is 13.0 Å². The molecule has 3 unspecified atom stereocenters. The summed E-state index contributed by atoms with van der Waals surface area (Å²) in [5.74, 6) is -0.518. The summed E-state index contributed by atoms with van der Waals surface area (Å²) in [5, 5.41) is 18.4. The van der Waals surface area contributed by atoms with Crippen LogP contribution in [0, 0.1) is 0 Å². The molecule has 0 aromatic heterocycles. The van der Waals surface area contributed by atoms with Crippen molar-refractivity contribution in [2.45, 2.75) is 154 Å². The van der Waals surface area contributed by atoms with Gasteiger partial charge in [-0.1, -0.05) is 174 Å². The minimum atomic E-state index is -4.56. The lowest BCUT2D eigenvalue weighted by molar-refractivity contribution is -0.153. The lowest BCUT2D eigenvalue weighted by Crippen LogP contribution is -2.28. The van der Waals surface area contributed by atoms with Gasteiger partial charge in [0.15, 0.2) is 0 Å². The van der Waals surface area contributed by atoms with Crippen molar-refractivity contribution in [1.82, 2.24) is 0 Å². The summed E-state index contributed by atoms with van der Waals surface area (Å²) >= 11 is 0. The number of allylic oxidation sites excluding steroid dienone is 19. The molecule has 9 nitrogen and oxygen atoms in total. The summed E-state index contributed by atoms with van der Waals surface area (Å²) < 4.78 is 33.2. The van der Waals surface area contributed by atoms with E-state index in [4.69, 9.17) is 23.6 Å². The van der Waals surface area contributed by atoms with E-state index in [1.807, 2.05) is 12.2 Å². The van der Waals surface area contributed by atoms with E-state index in [2.05, 4.69) is 117 Å². The zero-order chi connectivity index (χ0) is 43.9. The number of aliphatic hydroxyl groups is 2. The molecule has 0 spiro atoms. The maximum absolute atomic E-state index is 12.6. The summed E-state index contributed by atoms with van der Waals surface area (Å²) in [6, 6.07) is 0. The Morgan fingerprint density at radius 1 is 0.517 bits per heavy atom. The van der Waals surface area contributed by atoms with Gasteiger partial charge in [0.25, 0.3) is 0 Å². The molecule has 0 aliphatic rings. The zero-order valence-electron chi connectivity index (χ0n) is 37.1. The largest absolute Gasteiger partial charge is 0.472 e. The predicted molar refractivity (Wildman–Crippen MR) is 251 cm³/mol.